The van der Waals surface area contributed by atoms with Gasteiger partial charge in [-0.3, -0.25) is 0 Å². The molecule has 1 unspecified atom stereocenters. The van der Waals surface area contributed by atoms with Gasteiger partial charge in [-0.2, -0.15) is 0 Å². The van der Waals surface area contributed by atoms with Gasteiger partial charge in [0.1, 0.15) is 18.5 Å². The van der Waals surface area contributed by atoms with E-state index in [-0.39, 0.29) is 12.7 Å². The fourth-order valence-corrected chi connectivity index (χ4v) is 3.98. The van der Waals surface area contributed by atoms with Crippen molar-refractivity contribution in [2.45, 2.75) is 19.1 Å². The minimum atomic E-state index is -0.470. The molecule has 0 aromatic heterocycles. The summed E-state index contributed by atoms with van der Waals surface area (Å²) in [5.41, 5.74) is 3.60. The van der Waals surface area contributed by atoms with Crippen molar-refractivity contribution < 1.29 is 14.3 Å². The third kappa shape index (κ3) is 4.50. The predicted octanol–water partition coefficient (Wildman–Crippen LogP) is 5.89. The molecule has 4 nitrogen and oxygen atoms in total. The van der Waals surface area contributed by atoms with E-state index in [2.05, 4.69) is 5.32 Å². The smallest absolute Gasteiger partial charge is 0.407 e. The second kappa shape index (κ2) is 8.76. The largest absolute Gasteiger partial charge is 0.487 e. The molecule has 3 aromatic carbocycles. The molecule has 1 heterocycles. The Balaban J connectivity index is 1.39. The highest BCUT2D eigenvalue weighted by molar-refractivity contribution is 6.39. The van der Waals surface area contributed by atoms with E-state index in [1.807, 2.05) is 54.6 Å². The third-order valence-corrected chi connectivity index (χ3v) is 5.38. The molecule has 148 valence electrons. The molecule has 1 N–H and O–H groups in total. The van der Waals surface area contributed by atoms with Crippen LogP contribution >= 0.6 is 23.2 Å². The van der Waals surface area contributed by atoms with E-state index < -0.39 is 6.09 Å². The van der Waals surface area contributed by atoms with Crippen LogP contribution in [0.5, 0.6) is 5.75 Å². The molecule has 3 aromatic rings. The molecule has 1 aliphatic heterocycles. The van der Waals surface area contributed by atoms with Gasteiger partial charge in [-0.1, -0.05) is 77.8 Å². The zero-order chi connectivity index (χ0) is 20.2. The number of halogens is 2. The first-order chi connectivity index (χ1) is 14.1. The molecular formula is C23H19Cl2NO3. The van der Waals surface area contributed by atoms with Gasteiger partial charge in [-0.15, -0.1) is 0 Å². The van der Waals surface area contributed by atoms with Crippen molar-refractivity contribution in [2.24, 2.45) is 0 Å². The molecule has 1 aliphatic rings. The average Bonchev–Trinajstić information content (AvgIpc) is 3.15. The monoisotopic (exact) mass is 427 g/mol. The van der Waals surface area contributed by atoms with Crippen LogP contribution in [0, 0.1) is 0 Å². The van der Waals surface area contributed by atoms with E-state index in [4.69, 9.17) is 32.7 Å². The van der Waals surface area contributed by atoms with Gasteiger partial charge in [0.25, 0.3) is 0 Å². The number of hydrogen-bond donors (Lipinski definition) is 1. The predicted molar refractivity (Wildman–Crippen MR) is 115 cm³/mol. The molecule has 0 fully saturated rings. The minimum Gasteiger partial charge on any atom is -0.487 e. The second-order valence-electron chi connectivity index (χ2n) is 6.78. The van der Waals surface area contributed by atoms with E-state index in [1.54, 1.807) is 12.1 Å². The molecular weight excluding hydrogens is 409 g/mol. The highest BCUT2D eigenvalue weighted by atomic mass is 35.5. The van der Waals surface area contributed by atoms with Crippen molar-refractivity contribution in [3.8, 4) is 16.9 Å². The van der Waals surface area contributed by atoms with Crippen LogP contribution in [0.15, 0.2) is 66.7 Å². The van der Waals surface area contributed by atoms with E-state index >= 15 is 0 Å². The Morgan fingerprint density at radius 1 is 1.00 bits per heavy atom. The van der Waals surface area contributed by atoms with Crippen LogP contribution in [0.3, 0.4) is 0 Å². The number of carbonyl (C=O) groups is 1. The topological polar surface area (TPSA) is 47.6 Å². The number of rotatable bonds is 5. The van der Waals surface area contributed by atoms with E-state index in [0.717, 1.165) is 28.0 Å². The van der Waals surface area contributed by atoms with Gasteiger partial charge < -0.3 is 14.8 Å². The third-order valence-electron chi connectivity index (χ3n) is 4.75. The van der Waals surface area contributed by atoms with Gasteiger partial charge in [-0.05, 0) is 23.3 Å². The molecule has 0 bridgehead atoms. The summed E-state index contributed by atoms with van der Waals surface area (Å²) >= 11 is 12.8. The van der Waals surface area contributed by atoms with Gasteiger partial charge in [0.2, 0.25) is 0 Å². The van der Waals surface area contributed by atoms with Gasteiger partial charge in [0.15, 0.2) is 0 Å². The fraction of sp³-hybridized carbons (Fsp3) is 0.174. The summed E-state index contributed by atoms with van der Waals surface area (Å²) in [4.78, 5) is 12.0. The first kappa shape index (κ1) is 19.6. The van der Waals surface area contributed by atoms with Crippen LogP contribution < -0.4 is 10.1 Å². The van der Waals surface area contributed by atoms with Gasteiger partial charge in [0.05, 0.1) is 16.6 Å². The number of para-hydroxylation sites is 1. The summed E-state index contributed by atoms with van der Waals surface area (Å²) in [6.45, 7) is 0.575. The number of hydrogen-bond acceptors (Lipinski definition) is 3. The van der Waals surface area contributed by atoms with Gasteiger partial charge in [0, 0.05) is 17.5 Å². The van der Waals surface area contributed by atoms with E-state index in [9.17, 15) is 4.79 Å². The fourth-order valence-electron chi connectivity index (χ4n) is 3.38. The Morgan fingerprint density at radius 3 is 2.48 bits per heavy atom. The first-order valence-electron chi connectivity index (χ1n) is 9.29. The van der Waals surface area contributed by atoms with Crippen LogP contribution in [-0.4, -0.2) is 18.7 Å². The number of carbonyl (C=O) groups excluding carboxylic acids is 1. The number of ether oxygens (including phenoxy) is 2. The van der Waals surface area contributed by atoms with E-state index in [0.29, 0.717) is 23.0 Å². The maximum Gasteiger partial charge on any atom is 0.407 e. The lowest BCUT2D eigenvalue weighted by molar-refractivity contribution is 0.133. The standard InChI is InChI=1S/C23H19Cl2NO3/c24-19-10-5-11-20(25)21(19)18-9-4-8-16-12-17(29-22(16)18)13-26-23(27)28-14-15-6-2-1-3-7-15/h1-11,17H,12-14H2,(H,26,27). The van der Waals surface area contributed by atoms with Crippen LogP contribution in [-0.2, 0) is 17.8 Å². The summed E-state index contributed by atoms with van der Waals surface area (Å²) in [7, 11) is 0. The van der Waals surface area contributed by atoms with Crippen molar-refractivity contribution in [3.05, 3.63) is 87.9 Å². The number of alkyl carbamates (subject to hydrolysis) is 1. The lowest BCUT2D eigenvalue weighted by Crippen LogP contribution is -2.34. The van der Waals surface area contributed by atoms with Crippen LogP contribution in [0.1, 0.15) is 11.1 Å². The molecule has 0 saturated heterocycles. The van der Waals surface area contributed by atoms with Crippen LogP contribution in [0.4, 0.5) is 4.79 Å². The Hall–Kier alpha value is -2.69. The highest BCUT2D eigenvalue weighted by Gasteiger charge is 2.27. The minimum absolute atomic E-state index is 0.184. The maximum atomic E-state index is 12.0. The van der Waals surface area contributed by atoms with Crippen molar-refractivity contribution in [2.75, 3.05) is 6.54 Å². The normalized spacial score (nSPS) is 14.8. The van der Waals surface area contributed by atoms with E-state index in [1.165, 1.54) is 0 Å². The molecule has 0 saturated carbocycles. The Morgan fingerprint density at radius 2 is 1.72 bits per heavy atom. The summed E-state index contributed by atoms with van der Waals surface area (Å²) in [6, 6.07) is 20.9. The summed E-state index contributed by atoms with van der Waals surface area (Å²) < 4.78 is 11.4. The molecule has 1 atom stereocenters. The second-order valence-corrected chi connectivity index (χ2v) is 7.59. The van der Waals surface area contributed by atoms with Crippen LogP contribution in [0.2, 0.25) is 10.0 Å². The Kier molecular flexibility index (Phi) is 5.93. The van der Waals surface area contributed by atoms with Crippen molar-refractivity contribution >= 4 is 29.3 Å². The molecule has 4 rings (SSSR count). The summed E-state index contributed by atoms with van der Waals surface area (Å²) in [5, 5.41) is 3.91. The summed E-state index contributed by atoms with van der Waals surface area (Å²) in [5.74, 6) is 0.756. The lowest BCUT2D eigenvalue weighted by Gasteiger charge is -2.15. The first-order valence-corrected chi connectivity index (χ1v) is 10.0. The lowest BCUT2D eigenvalue weighted by atomic mass is 10.0. The van der Waals surface area contributed by atoms with Gasteiger partial charge >= 0.3 is 6.09 Å². The SMILES string of the molecule is O=C(NCC1Cc2cccc(-c3c(Cl)cccc3Cl)c2O1)OCc1ccccc1. The molecule has 6 heteroatoms. The molecule has 0 aliphatic carbocycles. The average molecular weight is 428 g/mol. The number of nitrogens with one attached hydrogen (secondary N) is 1. The maximum absolute atomic E-state index is 12.0. The number of benzene rings is 3. The number of amides is 1. The highest BCUT2D eigenvalue weighted by Crippen LogP contribution is 2.44. The summed E-state index contributed by atoms with van der Waals surface area (Å²) in [6.07, 6.45) is 0.0315. The molecule has 29 heavy (non-hydrogen) atoms. The molecule has 0 radical (unpaired) electrons. The molecule has 1 amide bonds. The van der Waals surface area contributed by atoms with Crippen molar-refractivity contribution in [3.63, 3.8) is 0 Å². The zero-order valence-corrected chi connectivity index (χ0v) is 17.0. The molecule has 0 spiro atoms. The quantitative estimate of drug-likeness (QED) is 0.551. The van der Waals surface area contributed by atoms with Crippen LogP contribution in [0.25, 0.3) is 11.1 Å². The Bertz CT molecular complexity index is 1000. The Labute approximate surface area is 179 Å². The van der Waals surface area contributed by atoms with Gasteiger partial charge in [-0.25, -0.2) is 4.79 Å². The number of fused-ring (bicyclic) bond motifs is 1. The van der Waals surface area contributed by atoms with Crippen molar-refractivity contribution in [1.29, 1.82) is 0 Å². The van der Waals surface area contributed by atoms with Crippen molar-refractivity contribution in [1.82, 2.24) is 5.32 Å². The zero-order valence-electron chi connectivity index (χ0n) is 15.5.